The molecule has 19 heavy (non-hydrogen) atoms. The fraction of sp³-hybridized carbons (Fsp3) is 0.364. The molecule has 0 aliphatic carbocycles. The van der Waals surface area contributed by atoms with Gasteiger partial charge < -0.3 is 15.6 Å². The quantitative estimate of drug-likeness (QED) is 0.651. The van der Waals surface area contributed by atoms with Crippen molar-refractivity contribution in [3.8, 4) is 5.75 Å². The third-order valence-electron chi connectivity index (χ3n) is 2.35. The van der Waals surface area contributed by atoms with Gasteiger partial charge in [-0.1, -0.05) is 0 Å². The maximum absolute atomic E-state index is 13.7. The first kappa shape index (κ1) is 15.8. The van der Waals surface area contributed by atoms with Crippen LogP contribution in [0.1, 0.15) is 18.5 Å². The predicted molar refractivity (Wildman–Crippen MR) is 64.2 cm³/mol. The lowest BCUT2D eigenvalue weighted by Gasteiger charge is -2.17. The van der Waals surface area contributed by atoms with E-state index >= 15 is 0 Å². The van der Waals surface area contributed by atoms with Crippen molar-refractivity contribution in [3.63, 3.8) is 0 Å². The van der Waals surface area contributed by atoms with E-state index in [0.717, 1.165) is 6.07 Å². The minimum atomic E-state index is -2.30. The van der Waals surface area contributed by atoms with Crippen LogP contribution in [-0.4, -0.2) is 23.9 Å². The Morgan fingerprint density at radius 3 is 2.63 bits per heavy atom. The van der Waals surface area contributed by atoms with Crippen LogP contribution < -0.4 is 5.73 Å². The minimum Gasteiger partial charge on any atom is -0.505 e. The molecule has 0 aliphatic heterocycles. The Kier molecular flexibility index (Phi) is 5.19. The van der Waals surface area contributed by atoms with E-state index in [2.05, 4.69) is 20.7 Å². The summed E-state index contributed by atoms with van der Waals surface area (Å²) in [5.74, 6) is -5.29. The van der Waals surface area contributed by atoms with Gasteiger partial charge in [-0.3, -0.25) is 0 Å². The van der Waals surface area contributed by atoms with E-state index < -0.39 is 41.1 Å². The molecule has 0 amide bonds. The van der Waals surface area contributed by atoms with Crippen molar-refractivity contribution in [2.24, 2.45) is 5.73 Å². The molecule has 0 saturated carbocycles. The van der Waals surface area contributed by atoms with Crippen molar-refractivity contribution >= 4 is 21.9 Å². The van der Waals surface area contributed by atoms with Crippen LogP contribution in [0.25, 0.3) is 0 Å². The van der Waals surface area contributed by atoms with Crippen molar-refractivity contribution < 1.29 is 27.8 Å². The third kappa shape index (κ3) is 3.19. The number of phenolic OH excluding ortho intramolecular Hbond substituents is 1. The van der Waals surface area contributed by atoms with Crippen LogP contribution in [0, 0.1) is 11.6 Å². The van der Waals surface area contributed by atoms with E-state index in [9.17, 15) is 23.1 Å². The van der Waals surface area contributed by atoms with Crippen molar-refractivity contribution in [2.75, 3.05) is 6.61 Å². The van der Waals surface area contributed by atoms with Crippen molar-refractivity contribution in [1.29, 1.82) is 0 Å². The second-order valence-electron chi connectivity index (χ2n) is 3.60. The standard InChI is InChI=1S/C11H11BrF3NO3/c1-2-19-11(18)8(15)9(16)4-3-5(12)6(13)7(14)10(4)17/h3,8-9,17H,2,16H2,1H3/t8?,9-/m0/s1. The molecule has 1 aromatic carbocycles. The number of benzene rings is 1. The van der Waals surface area contributed by atoms with Crippen LogP contribution in [0.2, 0.25) is 0 Å². The van der Waals surface area contributed by atoms with Crippen molar-refractivity contribution in [2.45, 2.75) is 19.1 Å². The molecule has 0 aromatic heterocycles. The summed E-state index contributed by atoms with van der Waals surface area (Å²) < 4.78 is 44.1. The number of aromatic hydroxyl groups is 1. The maximum atomic E-state index is 13.7. The molecule has 106 valence electrons. The molecule has 0 bridgehead atoms. The van der Waals surface area contributed by atoms with Crippen LogP contribution in [-0.2, 0) is 9.53 Å². The first-order valence-corrected chi connectivity index (χ1v) is 6.03. The number of rotatable bonds is 4. The van der Waals surface area contributed by atoms with Gasteiger partial charge in [-0.2, -0.15) is 4.39 Å². The highest BCUT2D eigenvalue weighted by Crippen LogP contribution is 2.34. The third-order valence-corrected chi connectivity index (χ3v) is 2.93. The van der Waals surface area contributed by atoms with E-state index in [0.29, 0.717) is 0 Å². The molecule has 1 rings (SSSR count). The Morgan fingerprint density at radius 1 is 1.53 bits per heavy atom. The fourth-order valence-corrected chi connectivity index (χ4v) is 1.80. The molecule has 0 saturated heterocycles. The number of esters is 1. The van der Waals surface area contributed by atoms with Crippen LogP contribution in [0.15, 0.2) is 10.5 Å². The summed E-state index contributed by atoms with van der Waals surface area (Å²) in [4.78, 5) is 11.2. The van der Waals surface area contributed by atoms with Gasteiger partial charge in [0.25, 0.3) is 0 Å². The zero-order valence-corrected chi connectivity index (χ0v) is 11.4. The summed E-state index contributed by atoms with van der Waals surface area (Å²) in [7, 11) is 0. The Morgan fingerprint density at radius 2 is 2.11 bits per heavy atom. The number of alkyl halides is 1. The molecular formula is C11H11BrF3NO3. The monoisotopic (exact) mass is 341 g/mol. The molecule has 1 aromatic rings. The number of carbonyl (C=O) groups is 1. The van der Waals surface area contributed by atoms with Gasteiger partial charge in [-0.05, 0) is 28.9 Å². The van der Waals surface area contributed by atoms with Crippen LogP contribution in [0.3, 0.4) is 0 Å². The Labute approximate surface area is 115 Å². The Hall–Kier alpha value is -1.28. The van der Waals surface area contributed by atoms with Gasteiger partial charge in [0.1, 0.15) is 0 Å². The molecule has 0 heterocycles. The Balaban J connectivity index is 3.13. The topological polar surface area (TPSA) is 72.5 Å². The first-order chi connectivity index (χ1) is 8.81. The minimum absolute atomic E-state index is 0.0561. The molecule has 8 heteroatoms. The number of ether oxygens (including phenoxy) is 1. The summed E-state index contributed by atoms with van der Waals surface area (Å²) >= 11 is 2.70. The predicted octanol–water partition coefficient (Wildman–Crippen LogP) is 2.33. The van der Waals surface area contributed by atoms with Gasteiger partial charge in [0.15, 0.2) is 11.6 Å². The molecule has 0 fully saturated rings. The average molecular weight is 342 g/mol. The van der Waals surface area contributed by atoms with Crippen LogP contribution in [0.4, 0.5) is 13.2 Å². The van der Waals surface area contributed by atoms with E-state index in [-0.39, 0.29) is 11.1 Å². The largest absolute Gasteiger partial charge is 0.505 e. The van der Waals surface area contributed by atoms with E-state index in [1.807, 2.05) is 0 Å². The summed E-state index contributed by atoms with van der Waals surface area (Å²) in [6.45, 7) is 1.42. The van der Waals surface area contributed by atoms with Crippen molar-refractivity contribution in [3.05, 3.63) is 27.7 Å². The Bertz CT molecular complexity index is 499. The van der Waals surface area contributed by atoms with Gasteiger partial charge in [-0.15, -0.1) is 0 Å². The van der Waals surface area contributed by atoms with Gasteiger partial charge in [0.2, 0.25) is 12.0 Å². The molecule has 1 unspecified atom stereocenters. The lowest BCUT2D eigenvalue weighted by Crippen LogP contribution is -2.31. The van der Waals surface area contributed by atoms with E-state index in [1.54, 1.807) is 0 Å². The van der Waals surface area contributed by atoms with E-state index in [1.165, 1.54) is 6.92 Å². The SMILES string of the molecule is CCOC(=O)C(F)[C@@H](N)c1cc(Br)c(F)c(F)c1O. The molecular weight excluding hydrogens is 331 g/mol. The number of nitrogens with two attached hydrogens (primary N) is 1. The molecule has 3 N–H and O–H groups in total. The molecule has 0 spiro atoms. The summed E-state index contributed by atoms with van der Waals surface area (Å²) in [5.41, 5.74) is 4.97. The maximum Gasteiger partial charge on any atom is 0.342 e. The lowest BCUT2D eigenvalue weighted by atomic mass is 10.0. The van der Waals surface area contributed by atoms with Crippen LogP contribution in [0.5, 0.6) is 5.75 Å². The van der Waals surface area contributed by atoms with Gasteiger partial charge >= 0.3 is 5.97 Å². The number of carbonyl (C=O) groups excluding carboxylic acids is 1. The highest BCUT2D eigenvalue weighted by atomic mass is 79.9. The molecule has 0 radical (unpaired) electrons. The molecule has 4 nitrogen and oxygen atoms in total. The van der Waals surface area contributed by atoms with Gasteiger partial charge in [0.05, 0.1) is 17.1 Å². The highest BCUT2D eigenvalue weighted by molar-refractivity contribution is 9.10. The van der Waals surface area contributed by atoms with Gasteiger partial charge in [0, 0.05) is 5.56 Å². The second-order valence-corrected chi connectivity index (χ2v) is 4.46. The number of hydrogen-bond acceptors (Lipinski definition) is 4. The molecule has 0 aliphatic rings. The van der Waals surface area contributed by atoms with Crippen LogP contribution >= 0.6 is 15.9 Å². The van der Waals surface area contributed by atoms with E-state index in [4.69, 9.17) is 5.73 Å². The average Bonchev–Trinajstić information content (AvgIpc) is 2.39. The normalized spacial score (nSPS) is 14.0. The zero-order valence-electron chi connectivity index (χ0n) is 9.79. The van der Waals surface area contributed by atoms with Gasteiger partial charge in [-0.25, -0.2) is 13.6 Å². The molecule has 2 atom stereocenters. The zero-order chi connectivity index (χ0) is 14.7. The number of halogens is 4. The smallest absolute Gasteiger partial charge is 0.342 e. The first-order valence-electron chi connectivity index (χ1n) is 5.23. The number of hydrogen-bond donors (Lipinski definition) is 2. The highest BCUT2D eigenvalue weighted by Gasteiger charge is 2.31. The summed E-state index contributed by atoms with van der Waals surface area (Å²) in [5, 5.41) is 9.40. The summed E-state index contributed by atoms with van der Waals surface area (Å²) in [6, 6.07) is -0.769. The fourth-order valence-electron chi connectivity index (χ4n) is 1.38. The second kappa shape index (κ2) is 6.25. The summed E-state index contributed by atoms with van der Waals surface area (Å²) in [6.07, 6.45) is -2.30. The number of phenols is 1. The van der Waals surface area contributed by atoms with Crippen molar-refractivity contribution in [1.82, 2.24) is 0 Å². The lowest BCUT2D eigenvalue weighted by molar-refractivity contribution is -0.149.